The van der Waals surface area contributed by atoms with E-state index in [2.05, 4.69) is 17.2 Å². The number of aryl methyl sites for hydroxylation is 2. The first-order chi connectivity index (χ1) is 16.4. The van der Waals surface area contributed by atoms with E-state index < -0.39 is 0 Å². The van der Waals surface area contributed by atoms with Crippen LogP contribution >= 0.6 is 24.8 Å². The van der Waals surface area contributed by atoms with Gasteiger partial charge < -0.3 is 20.1 Å². The van der Waals surface area contributed by atoms with Crippen molar-refractivity contribution >= 4 is 41.8 Å². The van der Waals surface area contributed by atoms with Crippen LogP contribution in [0.2, 0.25) is 0 Å². The van der Waals surface area contributed by atoms with Crippen LogP contribution in [0.1, 0.15) is 28.4 Å². The smallest absolute Gasteiger partial charge is 0.261 e. The molecule has 2 N–H and O–H groups in total. The Kier molecular flexibility index (Phi) is 8.51. The molecule has 9 heteroatoms. The minimum Gasteiger partial charge on any atom is -0.506 e. The second-order valence-corrected chi connectivity index (χ2v) is 8.84. The number of hydrogen-bond donors (Lipinski definition) is 2. The summed E-state index contributed by atoms with van der Waals surface area (Å²) in [6.07, 6.45) is 1.37. The number of aromatic hydroxyl groups is 1. The van der Waals surface area contributed by atoms with Crippen LogP contribution in [0.5, 0.6) is 17.4 Å². The fourth-order valence-electron chi connectivity index (χ4n) is 4.58. The number of pyridine rings is 1. The van der Waals surface area contributed by atoms with E-state index in [9.17, 15) is 9.90 Å². The number of nitrogens with one attached hydrogen (secondary N) is 1. The third-order valence-corrected chi connectivity index (χ3v) is 6.24. The third kappa shape index (κ3) is 5.00. The molecule has 2 aromatic carbocycles. The molecule has 5 rings (SSSR count). The van der Waals surface area contributed by atoms with Crippen molar-refractivity contribution in [3.63, 3.8) is 0 Å². The molecule has 0 saturated carbocycles. The predicted molar refractivity (Wildman–Crippen MR) is 147 cm³/mol. The first-order valence-electron chi connectivity index (χ1n) is 11.5. The van der Waals surface area contributed by atoms with Crippen molar-refractivity contribution in [3.8, 4) is 23.1 Å². The average molecular weight is 529 g/mol. The predicted octanol–water partition coefficient (Wildman–Crippen LogP) is 5.42. The first kappa shape index (κ1) is 27.3. The van der Waals surface area contributed by atoms with Gasteiger partial charge in [0, 0.05) is 37.4 Å². The van der Waals surface area contributed by atoms with Gasteiger partial charge in [0.15, 0.2) is 0 Å². The Bertz CT molecular complexity index is 1350. The SMILES string of the molecule is Cc1cccc(C)c1Oc1c(C(=O)N2CCN[C@@H](C)C2)c2ncc(O)cc2n1-c1ccccc1.Cl.Cl. The highest BCUT2D eigenvalue weighted by Gasteiger charge is 2.32. The van der Waals surface area contributed by atoms with E-state index in [0.717, 1.165) is 23.4 Å². The molecule has 3 heterocycles. The average Bonchev–Trinajstić information content (AvgIpc) is 3.14. The standard InChI is InChI=1S/C27H28N4O3.2ClH/c1-17-8-7-9-18(2)25(17)34-27-23(26(33)30-13-12-28-19(3)16-30)24-22(14-21(32)15-29-24)31(27)20-10-5-4-6-11-20;;/h4-11,14-15,19,28,32H,12-13,16H2,1-3H3;2*1H/t19-;;/m0../s1. The van der Waals surface area contributed by atoms with Gasteiger partial charge in [0.1, 0.15) is 22.6 Å². The molecule has 7 nitrogen and oxygen atoms in total. The van der Waals surface area contributed by atoms with Crippen LogP contribution in [-0.4, -0.2) is 51.1 Å². The van der Waals surface area contributed by atoms with Gasteiger partial charge in [-0.15, -0.1) is 24.8 Å². The highest BCUT2D eigenvalue weighted by molar-refractivity contribution is 6.09. The molecule has 190 valence electrons. The van der Waals surface area contributed by atoms with E-state index in [1.54, 1.807) is 6.07 Å². The quantitative estimate of drug-likeness (QED) is 0.369. The molecule has 1 atom stereocenters. The number of halogens is 2. The van der Waals surface area contributed by atoms with Crippen molar-refractivity contribution in [3.05, 3.63) is 77.5 Å². The van der Waals surface area contributed by atoms with Crippen molar-refractivity contribution < 1.29 is 14.6 Å². The van der Waals surface area contributed by atoms with Crippen molar-refractivity contribution in [1.29, 1.82) is 0 Å². The number of aromatic nitrogens is 2. The van der Waals surface area contributed by atoms with Crippen LogP contribution < -0.4 is 10.1 Å². The normalized spacial score (nSPS) is 15.2. The first-order valence-corrected chi connectivity index (χ1v) is 11.5. The molecule has 1 aliphatic rings. The molecule has 1 saturated heterocycles. The Hall–Kier alpha value is -3.26. The van der Waals surface area contributed by atoms with E-state index in [1.165, 1.54) is 6.20 Å². The molecule has 36 heavy (non-hydrogen) atoms. The second kappa shape index (κ2) is 11.2. The molecule has 0 bridgehead atoms. The summed E-state index contributed by atoms with van der Waals surface area (Å²) in [6.45, 7) is 7.96. The summed E-state index contributed by atoms with van der Waals surface area (Å²) >= 11 is 0. The molecule has 4 aromatic rings. The van der Waals surface area contributed by atoms with Crippen LogP contribution in [0, 0.1) is 13.8 Å². The Balaban J connectivity index is 0.00000180. The highest BCUT2D eigenvalue weighted by Crippen LogP contribution is 2.40. The van der Waals surface area contributed by atoms with Crippen molar-refractivity contribution in [2.75, 3.05) is 19.6 Å². The van der Waals surface area contributed by atoms with Gasteiger partial charge in [-0.1, -0.05) is 36.4 Å². The van der Waals surface area contributed by atoms with E-state index in [4.69, 9.17) is 4.74 Å². The zero-order valence-corrected chi connectivity index (χ0v) is 22.0. The van der Waals surface area contributed by atoms with Crippen LogP contribution in [0.4, 0.5) is 0 Å². The highest BCUT2D eigenvalue weighted by atomic mass is 35.5. The number of piperazine rings is 1. The Morgan fingerprint density at radius 2 is 1.78 bits per heavy atom. The lowest BCUT2D eigenvalue weighted by Gasteiger charge is -2.32. The number of carbonyl (C=O) groups is 1. The second-order valence-electron chi connectivity index (χ2n) is 8.84. The maximum atomic E-state index is 14.0. The van der Waals surface area contributed by atoms with Gasteiger partial charge in [-0.2, -0.15) is 0 Å². The summed E-state index contributed by atoms with van der Waals surface area (Å²) in [6, 6.07) is 17.5. The Morgan fingerprint density at radius 1 is 1.08 bits per heavy atom. The summed E-state index contributed by atoms with van der Waals surface area (Å²) in [5.41, 5.74) is 4.26. The monoisotopic (exact) mass is 528 g/mol. The number of benzene rings is 2. The summed E-state index contributed by atoms with van der Waals surface area (Å²) in [5.74, 6) is 0.991. The van der Waals surface area contributed by atoms with Gasteiger partial charge in [0.2, 0.25) is 5.88 Å². The lowest BCUT2D eigenvalue weighted by molar-refractivity contribution is 0.0708. The molecule has 1 amide bonds. The Labute approximate surface area is 222 Å². The maximum absolute atomic E-state index is 14.0. The van der Waals surface area contributed by atoms with Gasteiger partial charge >= 0.3 is 0 Å². The number of fused-ring (bicyclic) bond motifs is 1. The van der Waals surface area contributed by atoms with E-state index in [0.29, 0.717) is 41.3 Å². The number of hydrogen-bond acceptors (Lipinski definition) is 5. The largest absolute Gasteiger partial charge is 0.506 e. The molecule has 0 spiro atoms. The molecule has 1 fully saturated rings. The number of ether oxygens (including phenoxy) is 1. The van der Waals surface area contributed by atoms with Gasteiger partial charge in [-0.05, 0) is 44.0 Å². The zero-order chi connectivity index (χ0) is 23.8. The number of para-hydroxylation sites is 2. The maximum Gasteiger partial charge on any atom is 0.261 e. The van der Waals surface area contributed by atoms with Crippen molar-refractivity contribution in [2.24, 2.45) is 0 Å². The lowest BCUT2D eigenvalue weighted by atomic mass is 10.1. The molecule has 2 aromatic heterocycles. The summed E-state index contributed by atoms with van der Waals surface area (Å²) in [7, 11) is 0. The van der Waals surface area contributed by atoms with Crippen LogP contribution in [-0.2, 0) is 0 Å². The van der Waals surface area contributed by atoms with Gasteiger partial charge in [0.25, 0.3) is 5.91 Å². The molecular weight excluding hydrogens is 499 g/mol. The molecule has 0 unspecified atom stereocenters. The molecular formula is C27H30Cl2N4O3. The van der Waals surface area contributed by atoms with Crippen LogP contribution in [0.25, 0.3) is 16.7 Å². The number of rotatable bonds is 4. The van der Waals surface area contributed by atoms with Crippen LogP contribution in [0.15, 0.2) is 60.8 Å². The summed E-state index contributed by atoms with van der Waals surface area (Å²) in [4.78, 5) is 20.3. The number of carbonyl (C=O) groups excluding carboxylic acids is 1. The van der Waals surface area contributed by atoms with Crippen molar-refractivity contribution in [1.82, 2.24) is 19.8 Å². The molecule has 0 radical (unpaired) electrons. The Morgan fingerprint density at radius 3 is 2.44 bits per heavy atom. The fourth-order valence-corrected chi connectivity index (χ4v) is 4.58. The van der Waals surface area contributed by atoms with E-state index >= 15 is 0 Å². The zero-order valence-electron chi connectivity index (χ0n) is 20.4. The van der Waals surface area contributed by atoms with Crippen LogP contribution in [0.3, 0.4) is 0 Å². The van der Waals surface area contributed by atoms with Gasteiger partial charge in [-0.25, -0.2) is 4.98 Å². The van der Waals surface area contributed by atoms with E-state index in [-0.39, 0.29) is 42.5 Å². The lowest BCUT2D eigenvalue weighted by Crippen LogP contribution is -2.51. The minimum absolute atomic E-state index is 0. The van der Waals surface area contributed by atoms with Gasteiger partial charge in [0.05, 0.1) is 11.7 Å². The summed E-state index contributed by atoms with van der Waals surface area (Å²) in [5, 5.41) is 13.7. The third-order valence-electron chi connectivity index (χ3n) is 6.24. The van der Waals surface area contributed by atoms with Gasteiger partial charge in [-0.3, -0.25) is 9.36 Å². The molecule has 1 aliphatic heterocycles. The summed E-state index contributed by atoms with van der Waals surface area (Å²) < 4.78 is 8.47. The van der Waals surface area contributed by atoms with Crippen molar-refractivity contribution in [2.45, 2.75) is 26.8 Å². The number of nitrogens with zero attached hydrogens (tertiary/aromatic N) is 3. The fraction of sp³-hybridized carbons (Fsp3) is 0.259. The minimum atomic E-state index is -0.132. The molecule has 0 aliphatic carbocycles. The topological polar surface area (TPSA) is 79.6 Å². The number of amides is 1. The van der Waals surface area contributed by atoms with E-state index in [1.807, 2.05) is 71.8 Å².